The van der Waals surface area contributed by atoms with E-state index in [1.807, 2.05) is 47.4 Å². The van der Waals surface area contributed by atoms with Crippen molar-refractivity contribution < 1.29 is 9.53 Å². The third-order valence-electron chi connectivity index (χ3n) is 4.15. The summed E-state index contributed by atoms with van der Waals surface area (Å²) in [5.41, 5.74) is 2.81. The SMILES string of the molecule is COc1ccccc1-c1cccc([C@H]2CCCN2C(C)=O)n1. The Bertz CT molecular complexity index is 684. The van der Waals surface area contributed by atoms with Crippen molar-refractivity contribution in [1.82, 2.24) is 9.88 Å². The number of pyridine rings is 1. The molecule has 1 saturated heterocycles. The molecule has 22 heavy (non-hydrogen) atoms. The second kappa shape index (κ2) is 6.18. The van der Waals surface area contributed by atoms with E-state index in [0.717, 1.165) is 42.1 Å². The van der Waals surface area contributed by atoms with Crippen LogP contribution in [0.15, 0.2) is 42.5 Å². The lowest BCUT2D eigenvalue weighted by atomic mass is 10.1. The molecule has 0 aliphatic carbocycles. The molecule has 4 heteroatoms. The number of amides is 1. The molecule has 0 unspecified atom stereocenters. The van der Waals surface area contributed by atoms with Crippen molar-refractivity contribution in [2.75, 3.05) is 13.7 Å². The molecular weight excluding hydrogens is 276 g/mol. The summed E-state index contributed by atoms with van der Waals surface area (Å²) in [4.78, 5) is 18.5. The fourth-order valence-corrected chi connectivity index (χ4v) is 3.09. The second-order valence-electron chi connectivity index (χ2n) is 5.52. The van der Waals surface area contributed by atoms with Crippen LogP contribution in [0.5, 0.6) is 5.75 Å². The molecule has 1 amide bonds. The van der Waals surface area contributed by atoms with Crippen LogP contribution >= 0.6 is 0 Å². The van der Waals surface area contributed by atoms with Gasteiger partial charge >= 0.3 is 0 Å². The van der Waals surface area contributed by atoms with Crippen molar-refractivity contribution in [2.45, 2.75) is 25.8 Å². The number of likely N-dealkylation sites (tertiary alicyclic amines) is 1. The number of aromatic nitrogens is 1. The van der Waals surface area contributed by atoms with E-state index in [2.05, 4.69) is 0 Å². The van der Waals surface area contributed by atoms with Crippen LogP contribution in [-0.2, 0) is 4.79 Å². The van der Waals surface area contributed by atoms with Gasteiger partial charge in [-0.3, -0.25) is 9.78 Å². The molecule has 1 aliphatic rings. The van der Waals surface area contributed by atoms with E-state index in [0.29, 0.717) is 0 Å². The maximum absolute atomic E-state index is 11.8. The summed E-state index contributed by atoms with van der Waals surface area (Å²) in [6.07, 6.45) is 2.01. The summed E-state index contributed by atoms with van der Waals surface area (Å²) < 4.78 is 5.42. The molecule has 0 radical (unpaired) electrons. The Kier molecular flexibility index (Phi) is 4.09. The molecule has 1 atom stereocenters. The lowest BCUT2D eigenvalue weighted by Crippen LogP contribution is -2.28. The molecule has 0 bridgehead atoms. The Balaban J connectivity index is 1.98. The fourth-order valence-electron chi connectivity index (χ4n) is 3.09. The highest BCUT2D eigenvalue weighted by molar-refractivity contribution is 5.74. The summed E-state index contributed by atoms with van der Waals surface area (Å²) in [6.45, 7) is 2.45. The van der Waals surface area contributed by atoms with Crippen LogP contribution in [0.4, 0.5) is 0 Å². The summed E-state index contributed by atoms with van der Waals surface area (Å²) in [5.74, 6) is 0.925. The van der Waals surface area contributed by atoms with Crippen LogP contribution in [0.1, 0.15) is 31.5 Å². The first kappa shape index (κ1) is 14.6. The van der Waals surface area contributed by atoms with Crippen LogP contribution in [0, 0.1) is 0 Å². The van der Waals surface area contributed by atoms with Gasteiger partial charge in [-0.25, -0.2) is 0 Å². The van der Waals surface area contributed by atoms with Crippen molar-refractivity contribution in [3.8, 4) is 17.0 Å². The third-order valence-corrected chi connectivity index (χ3v) is 4.15. The lowest BCUT2D eigenvalue weighted by molar-refractivity contribution is -0.129. The van der Waals surface area contributed by atoms with Gasteiger partial charge in [0.05, 0.1) is 24.5 Å². The first-order valence-electron chi connectivity index (χ1n) is 7.58. The van der Waals surface area contributed by atoms with E-state index in [-0.39, 0.29) is 11.9 Å². The molecule has 4 nitrogen and oxygen atoms in total. The minimum absolute atomic E-state index is 0.0900. The quantitative estimate of drug-likeness (QED) is 0.871. The standard InChI is InChI=1S/C18H20N2O2/c1-13(21)20-12-6-10-17(20)16-9-5-8-15(19-16)14-7-3-4-11-18(14)22-2/h3-5,7-9,11,17H,6,10,12H2,1-2H3/t17-/m1/s1. The molecule has 3 rings (SSSR count). The highest BCUT2D eigenvalue weighted by atomic mass is 16.5. The van der Waals surface area contributed by atoms with Gasteiger partial charge in [-0.1, -0.05) is 18.2 Å². The number of carbonyl (C=O) groups is 1. The normalized spacial score (nSPS) is 17.5. The Hall–Kier alpha value is -2.36. The van der Waals surface area contributed by atoms with Crippen molar-refractivity contribution in [3.63, 3.8) is 0 Å². The largest absolute Gasteiger partial charge is 0.496 e. The second-order valence-corrected chi connectivity index (χ2v) is 5.52. The minimum atomic E-state index is 0.0900. The molecule has 1 aromatic carbocycles. The Labute approximate surface area is 130 Å². The van der Waals surface area contributed by atoms with Gasteiger partial charge < -0.3 is 9.64 Å². The van der Waals surface area contributed by atoms with Crippen molar-refractivity contribution in [1.29, 1.82) is 0 Å². The summed E-state index contributed by atoms with van der Waals surface area (Å²) in [6, 6.07) is 13.9. The van der Waals surface area contributed by atoms with Crippen molar-refractivity contribution >= 4 is 5.91 Å². The molecule has 2 heterocycles. The van der Waals surface area contributed by atoms with Gasteiger partial charge in [0, 0.05) is 19.0 Å². The third kappa shape index (κ3) is 2.69. The van der Waals surface area contributed by atoms with Gasteiger partial charge in [-0.05, 0) is 37.1 Å². The number of carbonyl (C=O) groups excluding carboxylic acids is 1. The van der Waals surface area contributed by atoms with E-state index >= 15 is 0 Å². The molecule has 1 aliphatic heterocycles. The van der Waals surface area contributed by atoms with E-state index < -0.39 is 0 Å². The molecular formula is C18H20N2O2. The van der Waals surface area contributed by atoms with Crippen LogP contribution in [-0.4, -0.2) is 29.4 Å². The average Bonchev–Trinajstić information content (AvgIpc) is 3.05. The first-order chi connectivity index (χ1) is 10.7. The maximum Gasteiger partial charge on any atom is 0.220 e. The van der Waals surface area contributed by atoms with Crippen LogP contribution in [0.25, 0.3) is 11.3 Å². The maximum atomic E-state index is 11.8. The zero-order chi connectivity index (χ0) is 15.5. The molecule has 1 fully saturated rings. The van der Waals surface area contributed by atoms with Crippen molar-refractivity contribution in [2.24, 2.45) is 0 Å². The van der Waals surface area contributed by atoms with E-state index in [1.165, 1.54) is 0 Å². The molecule has 0 spiro atoms. The zero-order valence-corrected chi connectivity index (χ0v) is 13.0. The minimum Gasteiger partial charge on any atom is -0.496 e. The first-order valence-corrected chi connectivity index (χ1v) is 7.58. The smallest absolute Gasteiger partial charge is 0.220 e. The average molecular weight is 296 g/mol. The number of methoxy groups -OCH3 is 1. The summed E-state index contributed by atoms with van der Waals surface area (Å²) in [5, 5.41) is 0. The number of hydrogen-bond donors (Lipinski definition) is 0. The number of rotatable bonds is 3. The van der Waals surface area contributed by atoms with E-state index in [9.17, 15) is 4.79 Å². The van der Waals surface area contributed by atoms with Gasteiger partial charge in [0.25, 0.3) is 0 Å². The Morgan fingerprint density at radius 3 is 2.82 bits per heavy atom. The molecule has 114 valence electrons. The lowest BCUT2D eigenvalue weighted by Gasteiger charge is -2.23. The van der Waals surface area contributed by atoms with E-state index in [1.54, 1.807) is 14.0 Å². The van der Waals surface area contributed by atoms with Gasteiger partial charge in [0.15, 0.2) is 0 Å². The van der Waals surface area contributed by atoms with Gasteiger partial charge in [0.1, 0.15) is 5.75 Å². The number of nitrogens with zero attached hydrogens (tertiary/aromatic N) is 2. The highest BCUT2D eigenvalue weighted by Gasteiger charge is 2.29. The predicted molar refractivity (Wildman–Crippen MR) is 85.6 cm³/mol. The summed E-state index contributed by atoms with van der Waals surface area (Å²) >= 11 is 0. The van der Waals surface area contributed by atoms with Crippen LogP contribution < -0.4 is 4.74 Å². The number of para-hydroxylation sites is 1. The van der Waals surface area contributed by atoms with Gasteiger partial charge in [-0.15, -0.1) is 0 Å². The molecule has 1 aromatic heterocycles. The van der Waals surface area contributed by atoms with Crippen LogP contribution in [0.2, 0.25) is 0 Å². The monoisotopic (exact) mass is 296 g/mol. The Morgan fingerprint density at radius 2 is 2.05 bits per heavy atom. The van der Waals surface area contributed by atoms with E-state index in [4.69, 9.17) is 9.72 Å². The molecule has 2 aromatic rings. The van der Waals surface area contributed by atoms with Crippen molar-refractivity contribution in [3.05, 3.63) is 48.2 Å². The van der Waals surface area contributed by atoms with Crippen LogP contribution in [0.3, 0.4) is 0 Å². The number of benzene rings is 1. The fraction of sp³-hybridized carbons (Fsp3) is 0.333. The number of hydrogen-bond acceptors (Lipinski definition) is 3. The van der Waals surface area contributed by atoms with Gasteiger partial charge in [0.2, 0.25) is 5.91 Å². The highest BCUT2D eigenvalue weighted by Crippen LogP contribution is 2.33. The predicted octanol–water partition coefficient (Wildman–Crippen LogP) is 3.44. The molecule has 0 saturated carbocycles. The zero-order valence-electron chi connectivity index (χ0n) is 13.0. The molecule has 0 N–H and O–H groups in total. The topological polar surface area (TPSA) is 42.4 Å². The number of ether oxygens (including phenoxy) is 1. The summed E-state index contributed by atoms with van der Waals surface area (Å²) in [7, 11) is 1.66. The van der Waals surface area contributed by atoms with Gasteiger partial charge in [-0.2, -0.15) is 0 Å². The Morgan fingerprint density at radius 1 is 1.23 bits per heavy atom.